The van der Waals surface area contributed by atoms with Crippen molar-refractivity contribution in [2.24, 2.45) is 5.92 Å². The van der Waals surface area contributed by atoms with E-state index in [4.69, 9.17) is 4.42 Å². The Morgan fingerprint density at radius 1 is 1.44 bits per heavy atom. The molecule has 0 bridgehead atoms. The summed E-state index contributed by atoms with van der Waals surface area (Å²) < 4.78 is 5.23. The van der Waals surface area contributed by atoms with Gasteiger partial charge < -0.3 is 9.73 Å². The number of nitrogens with one attached hydrogen (secondary N) is 1. The maximum Gasteiger partial charge on any atom is 0.220 e. The molecule has 0 aliphatic carbocycles. The van der Waals surface area contributed by atoms with E-state index in [2.05, 4.69) is 19.2 Å². The van der Waals surface area contributed by atoms with Gasteiger partial charge in [-0.1, -0.05) is 13.8 Å². The van der Waals surface area contributed by atoms with Crippen LogP contribution < -0.4 is 5.32 Å². The molecule has 0 aliphatic rings. The molecule has 0 saturated heterocycles. The molecule has 1 atom stereocenters. The van der Waals surface area contributed by atoms with Gasteiger partial charge in [0.05, 0.1) is 6.26 Å². The highest BCUT2D eigenvalue weighted by atomic mass is 16.3. The topological polar surface area (TPSA) is 42.2 Å². The third-order valence-corrected chi connectivity index (χ3v) is 2.44. The van der Waals surface area contributed by atoms with Crippen LogP contribution in [0.5, 0.6) is 0 Å². The molecule has 1 N–H and O–H groups in total. The number of carbonyl (C=O) groups excluding carboxylic acids is 1. The standard InChI is InChI=1S/C13H21NO2/c1-10(2)6-7-13(15)14-11(3)9-12-5-4-8-16-12/h4-5,8,10-11H,6-7,9H2,1-3H3,(H,14,15)/t11-/m1/s1. The van der Waals surface area contributed by atoms with E-state index >= 15 is 0 Å². The molecular formula is C13H21NO2. The van der Waals surface area contributed by atoms with E-state index < -0.39 is 0 Å². The van der Waals surface area contributed by atoms with E-state index in [1.165, 1.54) is 0 Å². The molecule has 0 aromatic carbocycles. The first-order valence-corrected chi connectivity index (χ1v) is 5.89. The Labute approximate surface area is 97.2 Å². The van der Waals surface area contributed by atoms with E-state index in [1.807, 2.05) is 19.1 Å². The zero-order chi connectivity index (χ0) is 12.0. The number of rotatable bonds is 6. The molecule has 0 radical (unpaired) electrons. The predicted octanol–water partition coefficient (Wildman–Crippen LogP) is 2.76. The van der Waals surface area contributed by atoms with Gasteiger partial charge >= 0.3 is 0 Å². The maximum atomic E-state index is 11.5. The van der Waals surface area contributed by atoms with E-state index in [0.29, 0.717) is 12.3 Å². The summed E-state index contributed by atoms with van der Waals surface area (Å²) >= 11 is 0. The quantitative estimate of drug-likeness (QED) is 0.805. The Balaban J connectivity index is 2.23. The fourth-order valence-corrected chi connectivity index (χ4v) is 1.55. The van der Waals surface area contributed by atoms with Crippen molar-refractivity contribution >= 4 is 5.91 Å². The van der Waals surface area contributed by atoms with Crippen molar-refractivity contribution in [3.05, 3.63) is 24.2 Å². The Morgan fingerprint density at radius 3 is 2.75 bits per heavy atom. The SMILES string of the molecule is CC(C)CCC(=O)N[C@H](C)Cc1ccco1. The second-order valence-corrected chi connectivity index (χ2v) is 4.68. The molecule has 1 aromatic rings. The van der Waals surface area contributed by atoms with Gasteiger partial charge in [0.15, 0.2) is 0 Å². The Kier molecular flexibility index (Phi) is 5.09. The van der Waals surface area contributed by atoms with Gasteiger partial charge in [0, 0.05) is 18.9 Å². The molecule has 1 rings (SSSR count). The summed E-state index contributed by atoms with van der Waals surface area (Å²) in [5.41, 5.74) is 0. The first kappa shape index (κ1) is 12.8. The maximum absolute atomic E-state index is 11.5. The Bertz CT molecular complexity index is 304. The van der Waals surface area contributed by atoms with Gasteiger partial charge in [-0.05, 0) is 31.4 Å². The van der Waals surface area contributed by atoms with Crippen molar-refractivity contribution in [3.63, 3.8) is 0 Å². The van der Waals surface area contributed by atoms with Crippen LogP contribution in [0.4, 0.5) is 0 Å². The van der Waals surface area contributed by atoms with Crippen LogP contribution in [0.25, 0.3) is 0 Å². The average Bonchev–Trinajstić information content (AvgIpc) is 2.67. The molecule has 3 nitrogen and oxygen atoms in total. The molecule has 3 heteroatoms. The Hall–Kier alpha value is -1.25. The van der Waals surface area contributed by atoms with E-state index in [0.717, 1.165) is 18.6 Å². The fourth-order valence-electron chi connectivity index (χ4n) is 1.55. The van der Waals surface area contributed by atoms with Crippen LogP contribution in [0, 0.1) is 5.92 Å². The molecule has 0 spiro atoms. The lowest BCUT2D eigenvalue weighted by atomic mass is 10.1. The zero-order valence-electron chi connectivity index (χ0n) is 10.3. The molecular weight excluding hydrogens is 202 g/mol. The van der Waals surface area contributed by atoms with Gasteiger partial charge in [0.1, 0.15) is 5.76 Å². The second-order valence-electron chi connectivity index (χ2n) is 4.68. The molecule has 1 amide bonds. The van der Waals surface area contributed by atoms with Gasteiger partial charge in [0.2, 0.25) is 5.91 Å². The molecule has 0 saturated carbocycles. The molecule has 90 valence electrons. The molecule has 16 heavy (non-hydrogen) atoms. The van der Waals surface area contributed by atoms with E-state index in [1.54, 1.807) is 6.26 Å². The number of furan rings is 1. The van der Waals surface area contributed by atoms with Crippen LogP contribution in [-0.4, -0.2) is 11.9 Å². The van der Waals surface area contributed by atoms with Gasteiger partial charge in [0.25, 0.3) is 0 Å². The van der Waals surface area contributed by atoms with Crippen molar-refractivity contribution < 1.29 is 9.21 Å². The van der Waals surface area contributed by atoms with Crippen LogP contribution in [0.1, 0.15) is 39.4 Å². The van der Waals surface area contributed by atoms with Gasteiger partial charge in [-0.2, -0.15) is 0 Å². The lowest BCUT2D eigenvalue weighted by Gasteiger charge is -2.13. The summed E-state index contributed by atoms with van der Waals surface area (Å²) in [6.45, 7) is 6.24. The highest BCUT2D eigenvalue weighted by Crippen LogP contribution is 2.06. The summed E-state index contributed by atoms with van der Waals surface area (Å²) in [4.78, 5) is 11.5. The third-order valence-electron chi connectivity index (χ3n) is 2.44. The summed E-state index contributed by atoms with van der Waals surface area (Å²) in [6, 6.07) is 3.92. The lowest BCUT2D eigenvalue weighted by Crippen LogP contribution is -2.33. The normalized spacial score (nSPS) is 12.8. The molecule has 0 aliphatic heterocycles. The van der Waals surface area contributed by atoms with Crippen LogP contribution in [0.15, 0.2) is 22.8 Å². The molecule has 1 aromatic heterocycles. The first-order chi connectivity index (χ1) is 7.58. The summed E-state index contributed by atoms with van der Waals surface area (Å²) in [7, 11) is 0. The minimum atomic E-state index is 0.130. The highest BCUT2D eigenvalue weighted by Gasteiger charge is 2.09. The van der Waals surface area contributed by atoms with Crippen LogP contribution in [0.2, 0.25) is 0 Å². The average molecular weight is 223 g/mol. The van der Waals surface area contributed by atoms with Crippen molar-refractivity contribution in [1.82, 2.24) is 5.32 Å². The van der Waals surface area contributed by atoms with E-state index in [-0.39, 0.29) is 11.9 Å². The monoisotopic (exact) mass is 223 g/mol. The molecule has 1 heterocycles. The zero-order valence-corrected chi connectivity index (χ0v) is 10.3. The fraction of sp³-hybridized carbons (Fsp3) is 0.615. The van der Waals surface area contributed by atoms with Crippen molar-refractivity contribution in [1.29, 1.82) is 0 Å². The third kappa shape index (κ3) is 5.01. The van der Waals surface area contributed by atoms with Gasteiger partial charge in [-0.15, -0.1) is 0 Å². The second kappa shape index (κ2) is 6.36. The highest BCUT2D eigenvalue weighted by molar-refractivity contribution is 5.76. The van der Waals surface area contributed by atoms with Gasteiger partial charge in [-0.25, -0.2) is 0 Å². The number of amides is 1. The smallest absolute Gasteiger partial charge is 0.220 e. The van der Waals surface area contributed by atoms with Crippen LogP contribution in [-0.2, 0) is 11.2 Å². The van der Waals surface area contributed by atoms with Gasteiger partial charge in [-0.3, -0.25) is 4.79 Å². The van der Waals surface area contributed by atoms with Crippen molar-refractivity contribution in [3.8, 4) is 0 Å². The Morgan fingerprint density at radius 2 is 2.19 bits per heavy atom. The lowest BCUT2D eigenvalue weighted by molar-refractivity contribution is -0.121. The predicted molar refractivity (Wildman–Crippen MR) is 64.1 cm³/mol. The summed E-state index contributed by atoms with van der Waals surface area (Å²) in [5, 5.41) is 2.97. The van der Waals surface area contributed by atoms with Crippen molar-refractivity contribution in [2.75, 3.05) is 0 Å². The minimum absolute atomic E-state index is 0.130. The van der Waals surface area contributed by atoms with Crippen molar-refractivity contribution in [2.45, 2.75) is 46.1 Å². The van der Waals surface area contributed by atoms with Crippen LogP contribution >= 0.6 is 0 Å². The molecule has 0 unspecified atom stereocenters. The minimum Gasteiger partial charge on any atom is -0.469 e. The number of hydrogen-bond donors (Lipinski definition) is 1. The first-order valence-electron chi connectivity index (χ1n) is 5.89. The summed E-state index contributed by atoms with van der Waals surface area (Å²) in [5.74, 6) is 1.62. The number of carbonyl (C=O) groups is 1. The van der Waals surface area contributed by atoms with E-state index in [9.17, 15) is 4.79 Å². The summed E-state index contributed by atoms with van der Waals surface area (Å²) in [6.07, 6.45) is 3.96. The van der Waals surface area contributed by atoms with Crippen LogP contribution in [0.3, 0.4) is 0 Å². The largest absolute Gasteiger partial charge is 0.469 e. The molecule has 0 fully saturated rings. The number of hydrogen-bond acceptors (Lipinski definition) is 2.